The number of benzene rings is 1. The Morgan fingerprint density at radius 2 is 1.74 bits per heavy atom. The molecule has 3 aliphatic rings. The third-order valence-corrected chi connectivity index (χ3v) is 5.84. The maximum Gasteiger partial charge on any atom is 0.319 e. The van der Waals surface area contributed by atoms with Crippen LogP contribution in [0.1, 0.15) is 32.1 Å². The molecule has 0 aromatic heterocycles. The molecule has 2 fully saturated rings. The van der Waals surface area contributed by atoms with Crippen LogP contribution in [0.15, 0.2) is 18.2 Å². The van der Waals surface area contributed by atoms with Crippen LogP contribution in [0.2, 0.25) is 0 Å². The zero-order valence-electron chi connectivity index (χ0n) is 15.8. The highest BCUT2D eigenvalue weighted by molar-refractivity contribution is 5.89. The summed E-state index contributed by atoms with van der Waals surface area (Å²) in [4.78, 5) is 15.0. The number of ether oxygens (including phenoxy) is 3. The molecule has 1 saturated carbocycles. The van der Waals surface area contributed by atoms with Crippen molar-refractivity contribution in [2.24, 2.45) is 0 Å². The van der Waals surface area contributed by atoms with E-state index in [9.17, 15) is 4.79 Å². The summed E-state index contributed by atoms with van der Waals surface area (Å²) in [7, 11) is 0. The Labute approximate surface area is 160 Å². The lowest BCUT2D eigenvalue weighted by molar-refractivity contribution is -0.0356. The molecule has 1 aliphatic carbocycles. The van der Waals surface area contributed by atoms with Crippen molar-refractivity contribution in [2.75, 3.05) is 51.4 Å². The van der Waals surface area contributed by atoms with Crippen molar-refractivity contribution in [1.82, 2.24) is 10.2 Å². The number of fused-ring (bicyclic) bond motifs is 1. The quantitative estimate of drug-likeness (QED) is 0.846. The zero-order chi connectivity index (χ0) is 18.5. The maximum absolute atomic E-state index is 12.5. The summed E-state index contributed by atoms with van der Waals surface area (Å²) in [5, 5.41) is 6.04. The Morgan fingerprint density at radius 1 is 1.00 bits per heavy atom. The van der Waals surface area contributed by atoms with Gasteiger partial charge in [-0.25, -0.2) is 4.79 Å². The Hall–Kier alpha value is -1.99. The van der Waals surface area contributed by atoms with Crippen LogP contribution in [0.3, 0.4) is 0 Å². The second kappa shape index (κ2) is 8.35. The van der Waals surface area contributed by atoms with Crippen molar-refractivity contribution >= 4 is 11.7 Å². The van der Waals surface area contributed by atoms with E-state index in [1.54, 1.807) is 0 Å². The molecule has 2 amide bonds. The van der Waals surface area contributed by atoms with E-state index in [2.05, 4.69) is 15.5 Å². The third-order valence-electron chi connectivity index (χ3n) is 5.84. The van der Waals surface area contributed by atoms with Crippen molar-refractivity contribution < 1.29 is 19.0 Å². The topological polar surface area (TPSA) is 72.1 Å². The summed E-state index contributed by atoms with van der Waals surface area (Å²) in [6.07, 6.45) is 6.01. The minimum atomic E-state index is -0.176. The number of anilines is 1. The molecule has 0 spiro atoms. The van der Waals surface area contributed by atoms with Gasteiger partial charge >= 0.3 is 6.03 Å². The molecule has 1 saturated heterocycles. The van der Waals surface area contributed by atoms with Crippen LogP contribution < -0.4 is 20.1 Å². The fourth-order valence-corrected chi connectivity index (χ4v) is 4.39. The van der Waals surface area contributed by atoms with E-state index < -0.39 is 0 Å². The van der Waals surface area contributed by atoms with Gasteiger partial charge in [0.25, 0.3) is 0 Å². The van der Waals surface area contributed by atoms with Crippen LogP contribution in [0, 0.1) is 0 Å². The molecule has 148 valence electrons. The Morgan fingerprint density at radius 3 is 2.52 bits per heavy atom. The van der Waals surface area contributed by atoms with Crippen LogP contribution in [0.5, 0.6) is 11.5 Å². The highest BCUT2D eigenvalue weighted by Gasteiger charge is 2.38. The number of rotatable bonds is 4. The molecule has 0 unspecified atom stereocenters. The van der Waals surface area contributed by atoms with Gasteiger partial charge in [0.1, 0.15) is 13.2 Å². The number of carbonyl (C=O) groups excluding carboxylic acids is 1. The molecule has 7 heteroatoms. The smallest absolute Gasteiger partial charge is 0.319 e. The van der Waals surface area contributed by atoms with Crippen molar-refractivity contribution in [3.05, 3.63) is 18.2 Å². The lowest BCUT2D eigenvalue weighted by atomic mass is 9.80. The van der Waals surface area contributed by atoms with E-state index >= 15 is 0 Å². The predicted molar refractivity (Wildman–Crippen MR) is 103 cm³/mol. The first-order valence-electron chi connectivity index (χ1n) is 10.0. The number of hydrogen-bond acceptors (Lipinski definition) is 5. The molecule has 0 radical (unpaired) electrons. The van der Waals surface area contributed by atoms with Gasteiger partial charge in [0.2, 0.25) is 0 Å². The Kier molecular flexibility index (Phi) is 5.69. The van der Waals surface area contributed by atoms with Gasteiger partial charge in [0.05, 0.1) is 13.2 Å². The van der Waals surface area contributed by atoms with Crippen molar-refractivity contribution in [3.8, 4) is 11.5 Å². The van der Waals surface area contributed by atoms with Gasteiger partial charge in [0, 0.05) is 36.9 Å². The highest BCUT2D eigenvalue weighted by atomic mass is 16.6. The summed E-state index contributed by atoms with van der Waals surface area (Å²) in [6.45, 7) is 5.23. The molecular formula is C20H29N3O4. The lowest BCUT2D eigenvalue weighted by Crippen LogP contribution is -2.60. The van der Waals surface area contributed by atoms with Crippen molar-refractivity contribution in [3.63, 3.8) is 0 Å². The molecule has 4 rings (SSSR count). The molecule has 2 aliphatic heterocycles. The predicted octanol–water partition coefficient (Wildman–Crippen LogP) is 2.61. The van der Waals surface area contributed by atoms with Crippen LogP contribution in [0.4, 0.5) is 10.5 Å². The van der Waals surface area contributed by atoms with E-state index in [-0.39, 0.29) is 11.6 Å². The normalized spacial score (nSPS) is 22.1. The fourth-order valence-electron chi connectivity index (χ4n) is 4.39. The largest absolute Gasteiger partial charge is 0.486 e. The van der Waals surface area contributed by atoms with Gasteiger partial charge in [-0.1, -0.05) is 19.3 Å². The summed E-state index contributed by atoms with van der Waals surface area (Å²) >= 11 is 0. The van der Waals surface area contributed by atoms with Gasteiger partial charge in [0.15, 0.2) is 11.5 Å². The second-order valence-electron chi connectivity index (χ2n) is 7.55. The first kappa shape index (κ1) is 18.4. The van der Waals surface area contributed by atoms with Gasteiger partial charge < -0.3 is 24.8 Å². The van der Waals surface area contributed by atoms with E-state index in [0.29, 0.717) is 31.2 Å². The van der Waals surface area contributed by atoms with Crippen LogP contribution in [0.25, 0.3) is 0 Å². The number of morpholine rings is 1. The van der Waals surface area contributed by atoms with Crippen molar-refractivity contribution in [1.29, 1.82) is 0 Å². The lowest BCUT2D eigenvalue weighted by Gasteiger charge is -2.48. The standard InChI is InChI=1S/C20H29N3O4/c24-19(22-16-4-5-17-18(14-16)27-13-12-26-17)21-15-20(6-2-1-3-7-20)23-8-10-25-11-9-23/h4-5,14H,1-3,6-13,15H2,(H2,21,22,24). The van der Waals surface area contributed by atoms with Crippen LogP contribution in [-0.4, -0.2) is 62.5 Å². The highest BCUT2D eigenvalue weighted by Crippen LogP contribution is 2.34. The second-order valence-corrected chi connectivity index (χ2v) is 7.55. The van der Waals surface area contributed by atoms with E-state index in [1.165, 1.54) is 19.3 Å². The van der Waals surface area contributed by atoms with Gasteiger partial charge in [-0.05, 0) is 25.0 Å². The minimum Gasteiger partial charge on any atom is -0.486 e. The summed E-state index contributed by atoms with van der Waals surface area (Å²) in [5.41, 5.74) is 0.771. The number of amides is 2. The monoisotopic (exact) mass is 375 g/mol. The van der Waals surface area contributed by atoms with Crippen LogP contribution in [-0.2, 0) is 4.74 Å². The molecular weight excluding hydrogens is 346 g/mol. The van der Waals surface area contributed by atoms with Gasteiger partial charge in [-0.15, -0.1) is 0 Å². The summed E-state index contributed by atoms with van der Waals surface area (Å²) < 4.78 is 16.6. The SMILES string of the molecule is O=C(NCC1(N2CCOCC2)CCCCC1)Nc1ccc2c(c1)OCCO2. The molecule has 2 N–H and O–H groups in total. The zero-order valence-corrected chi connectivity index (χ0v) is 15.8. The first-order chi connectivity index (χ1) is 13.3. The molecule has 1 aromatic carbocycles. The summed E-state index contributed by atoms with van der Waals surface area (Å²) in [5.74, 6) is 1.40. The number of nitrogens with zero attached hydrogens (tertiary/aromatic N) is 1. The molecule has 1 aromatic rings. The Bertz CT molecular complexity index is 655. The van der Waals surface area contributed by atoms with E-state index in [1.807, 2.05) is 18.2 Å². The minimum absolute atomic E-state index is 0.0617. The molecule has 0 bridgehead atoms. The van der Waals surface area contributed by atoms with Gasteiger partial charge in [-0.3, -0.25) is 4.90 Å². The molecule has 7 nitrogen and oxygen atoms in total. The molecule has 27 heavy (non-hydrogen) atoms. The van der Waals surface area contributed by atoms with Crippen molar-refractivity contribution in [2.45, 2.75) is 37.6 Å². The third kappa shape index (κ3) is 4.30. The van der Waals surface area contributed by atoms with Crippen LogP contribution >= 0.6 is 0 Å². The number of hydrogen-bond donors (Lipinski definition) is 2. The average Bonchev–Trinajstić information content (AvgIpc) is 2.73. The number of carbonyl (C=O) groups is 1. The molecule has 2 heterocycles. The first-order valence-corrected chi connectivity index (χ1v) is 10.0. The fraction of sp³-hybridized carbons (Fsp3) is 0.650. The maximum atomic E-state index is 12.5. The van der Waals surface area contributed by atoms with E-state index in [0.717, 1.165) is 44.9 Å². The Balaban J connectivity index is 1.36. The summed E-state index contributed by atoms with van der Waals surface area (Å²) in [6, 6.07) is 5.31. The molecule has 0 atom stereocenters. The van der Waals surface area contributed by atoms with Gasteiger partial charge in [-0.2, -0.15) is 0 Å². The average molecular weight is 375 g/mol. The number of urea groups is 1. The number of nitrogens with one attached hydrogen (secondary N) is 2. The van der Waals surface area contributed by atoms with E-state index in [4.69, 9.17) is 14.2 Å².